The molecule has 0 spiro atoms. The predicted molar refractivity (Wildman–Crippen MR) is 69.4 cm³/mol. The average molecular weight is 289 g/mol. The average Bonchev–Trinajstić information content (AvgIpc) is 2.84. The fourth-order valence-corrected chi connectivity index (χ4v) is 3.39. The van der Waals surface area contributed by atoms with Crippen molar-refractivity contribution in [3.8, 4) is 0 Å². The van der Waals surface area contributed by atoms with Gasteiger partial charge in [-0.3, -0.25) is 0 Å². The lowest BCUT2D eigenvalue weighted by atomic mass is 10.1. The van der Waals surface area contributed by atoms with Gasteiger partial charge in [-0.1, -0.05) is 0 Å². The molecule has 2 rings (SSSR count). The van der Waals surface area contributed by atoms with Crippen molar-refractivity contribution >= 4 is 27.3 Å². The summed E-state index contributed by atoms with van der Waals surface area (Å²) < 4.78 is 1.22. The van der Waals surface area contributed by atoms with Crippen LogP contribution in [0.1, 0.15) is 24.1 Å². The summed E-state index contributed by atoms with van der Waals surface area (Å²) in [7, 11) is 0. The van der Waals surface area contributed by atoms with Crippen molar-refractivity contribution in [3.63, 3.8) is 0 Å². The molecule has 1 saturated heterocycles. The summed E-state index contributed by atoms with van der Waals surface area (Å²) in [5.74, 6) is 0. The second kappa shape index (κ2) is 5.99. The highest BCUT2D eigenvalue weighted by atomic mass is 79.9. The number of thiophene rings is 1. The van der Waals surface area contributed by atoms with E-state index in [4.69, 9.17) is 0 Å². The molecule has 1 aromatic heterocycles. The van der Waals surface area contributed by atoms with E-state index in [0.29, 0.717) is 0 Å². The molecule has 1 aromatic rings. The minimum absolute atomic E-state index is 0.757. The fraction of sp³-hybridized carbons (Fsp3) is 0.636. The molecule has 0 bridgehead atoms. The normalized spacial score (nSPS) is 21.0. The monoisotopic (exact) mass is 288 g/mol. The molecule has 0 aromatic carbocycles. The molecule has 0 amide bonds. The number of nitrogens with one attached hydrogen (secondary N) is 2. The topological polar surface area (TPSA) is 24.1 Å². The van der Waals surface area contributed by atoms with Gasteiger partial charge in [-0.2, -0.15) is 0 Å². The predicted octanol–water partition coefficient (Wildman–Crippen LogP) is 2.74. The first-order valence-corrected chi connectivity index (χ1v) is 7.14. The van der Waals surface area contributed by atoms with E-state index in [1.807, 2.05) is 11.3 Å². The van der Waals surface area contributed by atoms with Crippen LogP contribution >= 0.6 is 27.3 Å². The molecule has 1 aliphatic heterocycles. The van der Waals surface area contributed by atoms with E-state index in [2.05, 4.69) is 38.7 Å². The zero-order valence-corrected chi connectivity index (χ0v) is 11.2. The Kier molecular flexibility index (Phi) is 4.62. The van der Waals surface area contributed by atoms with Crippen LogP contribution in [0, 0.1) is 0 Å². The van der Waals surface area contributed by atoms with E-state index in [9.17, 15) is 0 Å². The maximum atomic E-state index is 3.51. The molecule has 2 nitrogen and oxygen atoms in total. The maximum Gasteiger partial charge on any atom is 0.0701 e. The van der Waals surface area contributed by atoms with Crippen LogP contribution in [0.3, 0.4) is 0 Å². The lowest BCUT2D eigenvalue weighted by molar-refractivity contribution is 0.525. The van der Waals surface area contributed by atoms with E-state index in [1.54, 1.807) is 0 Å². The lowest BCUT2D eigenvalue weighted by Gasteiger charge is -2.09. The molecule has 0 radical (unpaired) electrons. The third-order valence-corrected chi connectivity index (χ3v) is 4.38. The van der Waals surface area contributed by atoms with Gasteiger partial charge in [0.15, 0.2) is 0 Å². The van der Waals surface area contributed by atoms with Crippen LogP contribution in [-0.2, 0) is 6.54 Å². The van der Waals surface area contributed by atoms with Crippen molar-refractivity contribution in [1.82, 2.24) is 10.6 Å². The van der Waals surface area contributed by atoms with Gasteiger partial charge in [0.25, 0.3) is 0 Å². The van der Waals surface area contributed by atoms with Crippen LogP contribution < -0.4 is 10.6 Å². The minimum Gasteiger partial charge on any atom is -0.314 e. The van der Waals surface area contributed by atoms with Gasteiger partial charge < -0.3 is 10.6 Å². The highest BCUT2D eigenvalue weighted by molar-refractivity contribution is 9.11. The number of hydrogen-bond donors (Lipinski definition) is 2. The van der Waals surface area contributed by atoms with Gasteiger partial charge in [0, 0.05) is 17.5 Å². The molecule has 0 aliphatic carbocycles. The highest BCUT2D eigenvalue weighted by Crippen LogP contribution is 2.21. The SMILES string of the molecule is Brc1ccc(CNCCC2CCCN2)s1. The van der Waals surface area contributed by atoms with Crippen molar-refractivity contribution in [1.29, 1.82) is 0 Å². The molecule has 1 atom stereocenters. The van der Waals surface area contributed by atoms with Gasteiger partial charge in [-0.25, -0.2) is 0 Å². The molecular weight excluding hydrogens is 272 g/mol. The quantitative estimate of drug-likeness (QED) is 0.815. The second-order valence-corrected chi connectivity index (χ2v) is 6.51. The Bertz CT molecular complexity index is 295. The smallest absolute Gasteiger partial charge is 0.0701 e. The van der Waals surface area contributed by atoms with Crippen LogP contribution in [0.15, 0.2) is 15.9 Å². The Morgan fingerprint density at radius 2 is 2.47 bits per heavy atom. The van der Waals surface area contributed by atoms with E-state index in [1.165, 1.54) is 34.5 Å². The summed E-state index contributed by atoms with van der Waals surface area (Å²) in [5, 5.41) is 7.01. The molecule has 1 aliphatic rings. The van der Waals surface area contributed by atoms with Crippen LogP contribution in [0.4, 0.5) is 0 Å². The van der Waals surface area contributed by atoms with Gasteiger partial charge in [-0.05, 0) is 60.4 Å². The molecule has 1 unspecified atom stereocenters. The van der Waals surface area contributed by atoms with Crippen molar-refractivity contribution in [3.05, 3.63) is 20.8 Å². The van der Waals surface area contributed by atoms with Crippen LogP contribution in [0.5, 0.6) is 0 Å². The largest absolute Gasteiger partial charge is 0.314 e. The fourth-order valence-electron chi connectivity index (χ4n) is 1.94. The van der Waals surface area contributed by atoms with Crippen LogP contribution in [-0.4, -0.2) is 19.1 Å². The molecule has 84 valence electrons. The van der Waals surface area contributed by atoms with E-state index < -0.39 is 0 Å². The van der Waals surface area contributed by atoms with E-state index in [-0.39, 0.29) is 0 Å². The Hall–Kier alpha value is 0.1000. The summed E-state index contributed by atoms with van der Waals surface area (Å²) in [6.07, 6.45) is 3.96. The van der Waals surface area contributed by atoms with Crippen LogP contribution in [0.25, 0.3) is 0 Å². The van der Waals surface area contributed by atoms with Crippen LogP contribution in [0.2, 0.25) is 0 Å². The molecule has 2 heterocycles. The van der Waals surface area contributed by atoms with Gasteiger partial charge in [0.2, 0.25) is 0 Å². The molecular formula is C11H17BrN2S. The summed E-state index contributed by atoms with van der Waals surface area (Å²) >= 11 is 5.28. The van der Waals surface area contributed by atoms with Crippen molar-refractivity contribution < 1.29 is 0 Å². The zero-order chi connectivity index (χ0) is 10.5. The van der Waals surface area contributed by atoms with Gasteiger partial charge in [-0.15, -0.1) is 11.3 Å². The lowest BCUT2D eigenvalue weighted by Crippen LogP contribution is -2.26. The first kappa shape index (κ1) is 11.6. The molecule has 2 N–H and O–H groups in total. The number of rotatable bonds is 5. The maximum absolute atomic E-state index is 3.51. The van der Waals surface area contributed by atoms with Crippen molar-refractivity contribution in [2.75, 3.05) is 13.1 Å². The van der Waals surface area contributed by atoms with Gasteiger partial charge in [0.1, 0.15) is 0 Å². The first-order chi connectivity index (χ1) is 7.34. The standard InChI is InChI=1S/C11H17BrN2S/c12-11-4-3-10(15-11)8-13-7-5-9-2-1-6-14-9/h3-4,9,13-14H,1-2,5-8H2. The Morgan fingerprint density at radius 3 is 3.13 bits per heavy atom. The molecule has 15 heavy (non-hydrogen) atoms. The zero-order valence-electron chi connectivity index (χ0n) is 8.76. The van der Waals surface area contributed by atoms with Crippen molar-refractivity contribution in [2.45, 2.75) is 31.8 Å². The molecule has 0 saturated carbocycles. The molecule has 1 fully saturated rings. The highest BCUT2D eigenvalue weighted by Gasteiger charge is 2.12. The number of hydrogen-bond acceptors (Lipinski definition) is 3. The Morgan fingerprint density at radius 1 is 1.53 bits per heavy atom. The summed E-state index contributed by atoms with van der Waals surface area (Å²) in [6, 6.07) is 5.04. The third kappa shape index (κ3) is 3.87. The Labute approximate surface area is 104 Å². The van der Waals surface area contributed by atoms with Crippen molar-refractivity contribution in [2.24, 2.45) is 0 Å². The first-order valence-electron chi connectivity index (χ1n) is 5.53. The third-order valence-electron chi connectivity index (χ3n) is 2.76. The van der Waals surface area contributed by atoms with E-state index in [0.717, 1.165) is 19.1 Å². The van der Waals surface area contributed by atoms with Gasteiger partial charge >= 0.3 is 0 Å². The second-order valence-electron chi connectivity index (χ2n) is 3.96. The summed E-state index contributed by atoms with van der Waals surface area (Å²) in [4.78, 5) is 1.40. The van der Waals surface area contributed by atoms with E-state index >= 15 is 0 Å². The van der Waals surface area contributed by atoms with Gasteiger partial charge in [0.05, 0.1) is 3.79 Å². The summed E-state index contributed by atoms with van der Waals surface area (Å²) in [5.41, 5.74) is 0. The molecule has 4 heteroatoms. The summed E-state index contributed by atoms with van der Waals surface area (Å²) in [6.45, 7) is 3.33. The minimum atomic E-state index is 0.757. The number of halogens is 1. The Balaban J connectivity index is 1.58.